The predicted molar refractivity (Wildman–Crippen MR) is 76.9 cm³/mol. The van der Waals surface area contributed by atoms with Gasteiger partial charge in [0.05, 0.1) is 5.54 Å². The Hall–Kier alpha value is -0.870. The molecule has 18 heavy (non-hydrogen) atoms. The van der Waals surface area contributed by atoms with Crippen molar-refractivity contribution in [3.05, 3.63) is 33.8 Å². The van der Waals surface area contributed by atoms with Gasteiger partial charge in [0, 0.05) is 29.7 Å². The van der Waals surface area contributed by atoms with Crippen LogP contribution in [0.15, 0.2) is 22.7 Å². The second-order valence-corrected chi connectivity index (χ2v) is 6.26. The number of nitrogens with one attached hydrogen (secondary N) is 1. The van der Waals surface area contributed by atoms with E-state index in [1.54, 1.807) is 0 Å². The van der Waals surface area contributed by atoms with Crippen molar-refractivity contribution in [2.75, 3.05) is 19.6 Å². The van der Waals surface area contributed by atoms with Crippen molar-refractivity contribution in [2.24, 2.45) is 0 Å². The lowest BCUT2D eigenvalue weighted by atomic mass is 9.98. The SMILES string of the molecule is Cc1cc(C(=O)N2CCNCC2(C)C)ccc1Br. The van der Waals surface area contributed by atoms with E-state index in [-0.39, 0.29) is 11.4 Å². The van der Waals surface area contributed by atoms with Crippen molar-refractivity contribution in [1.82, 2.24) is 10.2 Å². The zero-order valence-corrected chi connectivity index (χ0v) is 12.7. The lowest BCUT2D eigenvalue weighted by Gasteiger charge is -2.42. The van der Waals surface area contributed by atoms with E-state index < -0.39 is 0 Å². The lowest BCUT2D eigenvalue weighted by molar-refractivity contribution is 0.0477. The number of halogens is 1. The van der Waals surface area contributed by atoms with Gasteiger partial charge >= 0.3 is 0 Å². The highest BCUT2D eigenvalue weighted by Crippen LogP contribution is 2.22. The van der Waals surface area contributed by atoms with Crippen molar-refractivity contribution in [3.8, 4) is 0 Å². The summed E-state index contributed by atoms with van der Waals surface area (Å²) in [7, 11) is 0. The monoisotopic (exact) mass is 310 g/mol. The molecule has 1 aliphatic heterocycles. The molecule has 0 radical (unpaired) electrons. The first-order chi connectivity index (χ1) is 8.42. The van der Waals surface area contributed by atoms with Gasteiger partial charge < -0.3 is 10.2 Å². The van der Waals surface area contributed by atoms with Gasteiger partial charge in [-0.2, -0.15) is 0 Å². The summed E-state index contributed by atoms with van der Waals surface area (Å²) in [6.45, 7) is 8.68. The maximum absolute atomic E-state index is 12.6. The number of nitrogens with zero attached hydrogens (tertiary/aromatic N) is 1. The normalized spacial score (nSPS) is 18.8. The van der Waals surface area contributed by atoms with Crippen LogP contribution < -0.4 is 5.32 Å². The quantitative estimate of drug-likeness (QED) is 0.864. The van der Waals surface area contributed by atoms with Crippen LogP contribution >= 0.6 is 15.9 Å². The van der Waals surface area contributed by atoms with Gasteiger partial charge in [0.1, 0.15) is 0 Å². The zero-order chi connectivity index (χ0) is 13.3. The average molecular weight is 311 g/mol. The third-order valence-corrected chi connectivity index (χ3v) is 4.34. The minimum atomic E-state index is -0.129. The summed E-state index contributed by atoms with van der Waals surface area (Å²) >= 11 is 3.46. The van der Waals surface area contributed by atoms with Crippen LogP contribution in [-0.4, -0.2) is 36.0 Å². The molecule has 0 aromatic heterocycles. The molecule has 0 atom stereocenters. The molecular weight excluding hydrogens is 292 g/mol. The fraction of sp³-hybridized carbons (Fsp3) is 0.500. The van der Waals surface area contributed by atoms with Crippen molar-refractivity contribution >= 4 is 21.8 Å². The summed E-state index contributed by atoms with van der Waals surface area (Å²) in [6, 6.07) is 5.78. The molecule has 0 aliphatic carbocycles. The first kappa shape index (κ1) is 13.6. The molecule has 0 unspecified atom stereocenters. The van der Waals surface area contributed by atoms with Gasteiger partial charge in [-0.1, -0.05) is 15.9 Å². The topological polar surface area (TPSA) is 32.3 Å². The Bertz CT molecular complexity index is 471. The number of carbonyl (C=O) groups excluding carboxylic acids is 1. The Morgan fingerprint density at radius 2 is 2.17 bits per heavy atom. The Labute approximate surface area is 117 Å². The summed E-state index contributed by atoms with van der Waals surface area (Å²) in [5.74, 6) is 0.122. The van der Waals surface area contributed by atoms with Gasteiger partial charge in [0.2, 0.25) is 0 Å². The van der Waals surface area contributed by atoms with Crippen molar-refractivity contribution < 1.29 is 4.79 Å². The largest absolute Gasteiger partial charge is 0.331 e. The van der Waals surface area contributed by atoms with E-state index in [9.17, 15) is 4.79 Å². The number of aryl methyl sites for hydroxylation is 1. The predicted octanol–water partition coefficient (Wildman–Crippen LogP) is 2.58. The van der Waals surface area contributed by atoms with Gasteiger partial charge in [0.25, 0.3) is 5.91 Å². The Kier molecular flexibility index (Phi) is 3.78. The molecule has 0 bridgehead atoms. The molecule has 1 aromatic carbocycles. The number of hydrogen-bond donors (Lipinski definition) is 1. The molecular formula is C14H19BrN2O. The first-order valence-corrected chi connectivity index (χ1v) is 7.00. The van der Waals surface area contributed by atoms with E-state index in [0.717, 1.165) is 35.2 Å². The van der Waals surface area contributed by atoms with Crippen LogP contribution in [0.4, 0.5) is 0 Å². The standard InChI is InChI=1S/C14H19BrN2O/c1-10-8-11(4-5-12(10)15)13(18)17-7-6-16-9-14(17,2)3/h4-5,8,16H,6-7,9H2,1-3H3. The van der Waals surface area contributed by atoms with Crippen LogP contribution in [0, 0.1) is 6.92 Å². The Morgan fingerprint density at radius 1 is 1.44 bits per heavy atom. The summed E-state index contributed by atoms with van der Waals surface area (Å²) in [5, 5.41) is 3.33. The minimum absolute atomic E-state index is 0.122. The van der Waals surface area contributed by atoms with Gasteiger partial charge in [-0.25, -0.2) is 0 Å². The van der Waals surface area contributed by atoms with Gasteiger partial charge in [-0.05, 0) is 44.5 Å². The number of carbonyl (C=O) groups is 1. The molecule has 4 heteroatoms. The van der Waals surface area contributed by atoms with Gasteiger partial charge in [-0.3, -0.25) is 4.79 Å². The van der Waals surface area contributed by atoms with Crippen LogP contribution in [0.5, 0.6) is 0 Å². The van der Waals surface area contributed by atoms with E-state index in [4.69, 9.17) is 0 Å². The maximum Gasteiger partial charge on any atom is 0.254 e. The smallest absolute Gasteiger partial charge is 0.254 e. The van der Waals surface area contributed by atoms with E-state index >= 15 is 0 Å². The zero-order valence-electron chi connectivity index (χ0n) is 11.1. The van der Waals surface area contributed by atoms with E-state index in [1.807, 2.05) is 30.0 Å². The minimum Gasteiger partial charge on any atom is -0.331 e. The molecule has 98 valence electrons. The molecule has 1 aliphatic rings. The van der Waals surface area contributed by atoms with E-state index in [1.165, 1.54) is 0 Å². The molecule has 1 fully saturated rings. The number of piperazine rings is 1. The third-order valence-electron chi connectivity index (χ3n) is 3.45. The summed E-state index contributed by atoms with van der Waals surface area (Å²) in [5.41, 5.74) is 1.73. The molecule has 2 rings (SSSR count). The molecule has 1 amide bonds. The Morgan fingerprint density at radius 3 is 2.78 bits per heavy atom. The Balaban J connectivity index is 2.27. The molecule has 0 saturated carbocycles. The fourth-order valence-corrected chi connectivity index (χ4v) is 2.54. The number of rotatable bonds is 1. The van der Waals surface area contributed by atoms with E-state index in [2.05, 4.69) is 35.1 Å². The molecule has 0 spiro atoms. The molecule has 1 saturated heterocycles. The van der Waals surface area contributed by atoms with Gasteiger partial charge in [0.15, 0.2) is 0 Å². The number of hydrogen-bond acceptors (Lipinski definition) is 2. The highest BCUT2D eigenvalue weighted by atomic mass is 79.9. The highest BCUT2D eigenvalue weighted by molar-refractivity contribution is 9.10. The second kappa shape index (κ2) is 5.02. The van der Waals surface area contributed by atoms with Crippen LogP contribution in [0.25, 0.3) is 0 Å². The third kappa shape index (κ3) is 2.59. The fourth-order valence-electron chi connectivity index (χ4n) is 2.29. The summed E-state index contributed by atoms with van der Waals surface area (Å²) < 4.78 is 1.04. The maximum atomic E-state index is 12.6. The summed E-state index contributed by atoms with van der Waals surface area (Å²) in [6.07, 6.45) is 0. The highest BCUT2D eigenvalue weighted by Gasteiger charge is 2.33. The van der Waals surface area contributed by atoms with Crippen molar-refractivity contribution in [2.45, 2.75) is 26.3 Å². The first-order valence-electron chi connectivity index (χ1n) is 6.21. The van der Waals surface area contributed by atoms with Crippen LogP contribution in [0.2, 0.25) is 0 Å². The second-order valence-electron chi connectivity index (χ2n) is 5.41. The average Bonchev–Trinajstić information content (AvgIpc) is 2.31. The van der Waals surface area contributed by atoms with Crippen molar-refractivity contribution in [1.29, 1.82) is 0 Å². The van der Waals surface area contributed by atoms with E-state index in [0.29, 0.717) is 0 Å². The van der Waals surface area contributed by atoms with Crippen LogP contribution in [-0.2, 0) is 0 Å². The number of amides is 1. The molecule has 1 aromatic rings. The molecule has 1 heterocycles. The molecule has 3 nitrogen and oxygen atoms in total. The van der Waals surface area contributed by atoms with Gasteiger partial charge in [-0.15, -0.1) is 0 Å². The lowest BCUT2D eigenvalue weighted by Crippen LogP contribution is -2.59. The summed E-state index contributed by atoms with van der Waals surface area (Å²) in [4.78, 5) is 14.5. The van der Waals surface area contributed by atoms with Crippen LogP contribution in [0.1, 0.15) is 29.8 Å². The molecule has 1 N–H and O–H groups in total. The van der Waals surface area contributed by atoms with Crippen molar-refractivity contribution in [3.63, 3.8) is 0 Å². The van der Waals surface area contributed by atoms with Crippen LogP contribution in [0.3, 0.4) is 0 Å². The number of benzene rings is 1.